The molecule has 0 aromatic carbocycles. The Hall–Kier alpha value is -0.850. The van der Waals surface area contributed by atoms with E-state index in [4.69, 9.17) is 5.41 Å². The van der Waals surface area contributed by atoms with Crippen LogP contribution in [0.1, 0.15) is 34.6 Å². The molecule has 1 rings (SSSR count). The zero-order valence-corrected chi connectivity index (χ0v) is 8.58. The molecule has 1 N–H and O–H groups in total. The van der Waals surface area contributed by atoms with Crippen LogP contribution in [0.2, 0.25) is 0 Å². The Morgan fingerprint density at radius 3 is 2.00 bits per heavy atom. The fourth-order valence-electron chi connectivity index (χ4n) is 1.28. The normalized spacial score (nSPS) is 20.2. The maximum atomic E-state index is 7.92. The van der Waals surface area contributed by atoms with Gasteiger partial charge in [-0.05, 0) is 30.6 Å². The topological polar surface area (TPSA) is 23.9 Å². The largest absolute Gasteiger partial charge is 0.304 e. The first kappa shape index (κ1) is 9.24. The molecule has 1 heteroatoms. The maximum absolute atomic E-state index is 7.92. The van der Waals surface area contributed by atoms with Crippen molar-refractivity contribution in [3.8, 4) is 0 Å². The van der Waals surface area contributed by atoms with Gasteiger partial charge in [0, 0.05) is 11.1 Å². The van der Waals surface area contributed by atoms with Gasteiger partial charge < -0.3 is 5.41 Å². The van der Waals surface area contributed by atoms with Crippen molar-refractivity contribution in [2.45, 2.75) is 34.6 Å². The van der Waals surface area contributed by atoms with E-state index in [9.17, 15) is 0 Å². The molecular formula is C11H17N. The highest BCUT2D eigenvalue weighted by Crippen LogP contribution is 2.33. The van der Waals surface area contributed by atoms with Crippen LogP contribution in [0.25, 0.3) is 0 Å². The van der Waals surface area contributed by atoms with Crippen molar-refractivity contribution in [3.63, 3.8) is 0 Å². The number of allylic oxidation sites excluding steroid dienone is 4. The molecule has 1 aliphatic rings. The molecule has 1 nitrogen and oxygen atoms in total. The van der Waals surface area contributed by atoms with E-state index in [1.54, 1.807) is 0 Å². The van der Waals surface area contributed by atoms with E-state index in [1.807, 2.05) is 6.92 Å². The van der Waals surface area contributed by atoms with Gasteiger partial charge in [-0.1, -0.05) is 26.8 Å². The summed E-state index contributed by atoms with van der Waals surface area (Å²) in [6.07, 6.45) is 2.13. The minimum absolute atomic E-state index is 0.0200. The first-order chi connectivity index (χ1) is 5.34. The molecule has 0 aliphatic heterocycles. The Balaban J connectivity index is 2.81. The van der Waals surface area contributed by atoms with Gasteiger partial charge in [-0.15, -0.1) is 0 Å². The summed E-state index contributed by atoms with van der Waals surface area (Å²) in [4.78, 5) is 0. The number of hydrogen-bond acceptors (Lipinski definition) is 1. The van der Waals surface area contributed by atoms with Crippen molar-refractivity contribution >= 4 is 5.71 Å². The first-order valence-electron chi connectivity index (χ1n) is 4.33. The van der Waals surface area contributed by atoms with Gasteiger partial charge in [0.2, 0.25) is 0 Å². The highest BCUT2D eigenvalue weighted by molar-refractivity contribution is 6.03. The van der Waals surface area contributed by atoms with E-state index in [2.05, 4.69) is 33.8 Å². The lowest BCUT2D eigenvalue weighted by Gasteiger charge is -2.20. The standard InChI is InChI=1S/C11H17N/c1-7-6-9(7)8(2)10(12)11(3,4)5/h6,12H,1-5H3/b9-8+,12-10?. The van der Waals surface area contributed by atoms with Crippen molar-refractivity contribution < 1.29 is 0 Å². The Kier molecular flexibility index (Phi) is 1.99. The summed E-state index contributed by atoms with van der Waals surface area (Å²) >= 11 is 0. The Bertz CT molecular complexity index is 285. The van der Waals surface area contributed by atoms with Crippen LogP contribution >= 0.6 is 0 Å². The smallest absolute Gasteiger partial charge is 0.0402 e. The summed E-state index contributed by atoms with van der Waals surface area (Å²) in [5.41, 5.74) is 4.50. The second-order valence-corrected chi connectivity index (χ2v) is 4.49. The number of nitrogens with one attached hydrogen (secondary N) is 1. The van der Waals surface area contributed by atoms with Gasteiger partial charge in [0.1, 0.15) is 0 Å². The van der Waals surface area contributed by atoms with Crippen molar-refractivity contribution in [1.29, 1.82) is 5.41 Å². The summed E-state index contributed by atoms with van der Waals surface area (Å²) in [6, 6.07) is 0. The van der Waals surface area contributed by atoms with Crippen LogP contribution in [0.5, 0.6) is 0 Å². The molecule has 0 aromatic heterocycles. The van der Waals surface area contributed by atoms with Crippen LogP contribution in [-0.4, -0.2) is 5.71 Å². The fourth-order valence-corrected chi connectivity index (χ4v) is 1.28. The molecule has 0 atom stereocenters. The third-order valence-corrected chi connectivity index (χ3v) is 2.23. The van der Waals surface area contributed by atoms with Gasteiger partial charge in [0.15, 0.2) is 0 Å². The molecule has 0 unspecified atom stereocenters. The molecule has 0 aromatic rings. The lowest BCUT2D eigenvalue weighted by Crippen LogP contribution is -2.20. The molecule has 0 radical (unpaired) electrons. The second-order valence-electron chi connectivity index (χ2n) is 4.49. The minimum Gasteiger partial charge on any atom is -0.304 e. The van der Waals surface area contributed by atoms with E-state index < -0.39 is 0 Å². The predicted molar refractivity (Wildman–Crippen MR) is 53.6 cm³/mol. The predicted octanol–water partition coefficient (Wildman–Crippen LogP) is 3.33. The molecule has 0 saturated heterocycles. The van der Waals surface area contributed by atoms with Crippen molar-refractivity contribution in [1.82, 2.24) is 0 Å². The van der Waals surface area contributed by atoms with Crippen LogP contribution in [-0.2, 0) is 0 Å². The molecule has 0 amide bonds. The molecule has 0 fully saturated rings. The molecule has 1 aliphatic carbocycles. The van der Waals surface area contributed by atoms with Gasteiger partial charge in [0.05, 0.1) is 0 Å². The van der Waals surface area contributed by atoms with Crippen LogP contribution in [0.15, 0.2) is 22.8 Å². The lowest BCUT2D eigenvalue weighted by molar-refractivity contribution is 0.587. The zero-order chi connectivity index (χ0) is 9.52. The van der Waals surface area contributed by atoms with E-state index >= 15 is 0 Å². The molecule has 0 spiro atoms. The molecule has 0 saturated carbocycles. The maximum Gasteiger partial charge on any atom is 0.0402 e. The average Bonchev–Trinajstić information content (AvgIpc) is 2.62. The second kappa shape index (κ2) is 2.58. The van der Waals surface area contributed by atoms with E-state index in [0.29, 0.717) is 0 Å². The van der Waals surface area contributed by atoms with E-state index in [0.717, 1.165) is 11.3 Å². The third-order valence-electron chi connectivity index (χ3n) is 2.23. The summed E-state index contributed by atoms with van der Waals surface area (Å²) in [6.45, 7) is 10.4. The van der Waals surface area contributed by atoms with Gasteiger partial charge in [-0.25, -0.2) is 0 Å². The van der Waals surface area contributed by atoms with Gasteiger partial charge in [-0.2, -0.15) is 0 Å². The summed E-state index contributed by atoms with van der Waals surface area (Å²) in [7, 11) is 0. The van der Waals surface area contributed by atoms with Crippen LogP contribution in [0.4, 0.5) is 0 Å². The molecule has 0 bridgehead atoms. The van der Waals surface area contributed by atoms with Gasteiger partial charge in [0.25, 0.3) is 0 Å². The van der Waals surface area contributed by atoms with Crippen molar-refractivity contribution in [3.05, 3.63) is 22.8 Å². The summed E-state index contributed by atoms with van der Waals surface area (Å²) in [5, 5.41) is 7.92. The van der Waals surface area contributed by atoms with Gasteiger partial charge >= 0.3 is 0 Å². The number of rotatable bonds is 1. The third kappa shape index (κ3) is 1.66. The van der Waals surface area contributed by atoms with E-state index in [1.165, 1.54) is 11.1 Å². The van der Waals surface area contributed by atoms with Crippen LogP contribution < -0.4 is 0 Å². The van der Waals surface area contributed by atoms with E-state index in [-0.39, 0.29) is 5.41 Å². The van der Waals surface area contributed by atoms with Crippen molar-refractivity contribution in [2.24, 2.45) is 5.41 Å². The average molecular weight is 163 g/mol. The summed E-state index contributed by atoms with van der Waals surface area (Å²) in [5.74, 6) is 0. The highest BCUT2D eigenvalue weighted by atomic mass is 14.5. The monoisotopic (exact) mass is 163 g/mol. The molecule has 0 heterocycles. The van der Waals surface area contributed by atoms with Crippen molar-refractivity contribution in [2.75, 3.05) is 0 Å². The van der Waals surface area contributed by atoms with Crippen LogP contribution in [0.3, 0.4) is 0 Å². The Morgan fingerprint density at radius 1 is 1.33 bits per heavy atom. The Labute approximate surface area is 74.7 Å². The first-order valence-corrected chi connectivity index (χ1v) is 4.33. The fraction of sp³-hybridized carbons (Fsp3) is 0.545. The Morgan fingerprint density at radius 2 is 1.75 bits per heavy atom. The quantitative estimate of drug-likeness (QED) is 0.573. The van der Waals surface area contributed by atoms with Crippen LogP contribution in [0, 0.1) is 10.8 Å². The summed E-state index contributed by atoms with van der Waals surface area (Å²) < 4.78 is 0. The molecule has 12 heavy (non-hydrogen) atoms. The van der Waals surface area contributed by atoms with Gasteiger partial charge in [-0.3, -0.25) is 0 Å². The highest BCUT2D eigenvalue weighted by Gasteiger charge is 2.23. The zero-order valence-electron chi connectivity index (χ0n) is 8.58. The SMILES string of the molecule is CC1=CC/1=C(/C)C(=N)C(C)(C)C. The number of hydrogen-bond donors (Lipinski definition) is 1. The molecule has 66 valence electrons. The minimum atomic E-state index is -0.0200. The molecular weight excluding hydrogens is 146 g/mol. The lowest BCUT2D eigenvalue weighted by atomic mass is 9.85.